The number of halogens is 2. The quantitative estimate of drug-likeness (QED) is 0.323. The minimum absolute atomic E-state index is 0.179. The van der Waals surface area contributed by atoms with Gasteiger partial charge >= 0.3 is 0 Å². The lowest BCUT2D eigenvalue weighted by molar-refractivity contribution is -0.117. The Balaban J connectivity index is 1.71. The summed E-state index contributed by atoms with van der Waals surface area (Å²) in [5.74, 6) is -1.30. The Kier molecular flexibility index (Phi) is 7.15. The third kappa shape index (κ3) is 5.22. The Labute approximate surface area is 209 Å². The molecule has 4 rings (SSSR count). The standard InChI is InChI=1S/C26H19BrFN3O2S/c1-16-2-12-21(13-3-16)31-25(33)23(14-17-4-6-18(27)7-5-17)34-26(31)22(15-29)24(32)30-20-10-8-19(28)9-11-20/h2-13,23H,14H2,1H3,(H,30,32)/b26-22+/t23-/m0/s1. The molecule has 3 aromatic carbocycles. The van der Waals surface area contributed by atoms with Crippen LogP contribution in [0, 0.1) is 24.1 Å². The van der Waals surface area contributed by atoms with Crippen LogP contribution in [0.3, 0.4) is 0 Å². The van der Waals surface area contributed by atoms with Gasteiger partial charge in [0, 0.05) is 15.8 Å². The first-order chi connectivity index (χ1) is 16.4. The molecule has 5 nitrogen and oxygen atoms in total. The van der Waals surface area contributed by atoms with Crippen molar-refractivity contribution in [2.45, 2.75) is 18.6 Å². The molecule has 0 saturated carbocycles. The van der Waals surface area contributed by atoms with Crippen LogP contribution in [-0.2, 0) is 16.0 Å². The number of benzene rings is 3. The Morgan fingerprint density at radius 1 is 1.09 bits per heavy atom. The van der Waals surface area contributed by atoms with Gasteiger partial charge < -0.3 is 5.32 Å². The van der Waals surface area contributed by atoms with Gasteiger partial charge in [-0.2, -0.15) is 5.26 Å². The fourth-order valence-corrected chi connectivity index (χ4v) is 5.05. The normalized spacial score (nSPS) is 16.8. The van der Waals surface area contributed by atoms with Crippen molar-refractivity contribution in [2.75, 3.05) is 10.2 Å². The summed E-state index contributed by atoms with van der Waals surface area (Å²) in [4.78, 5) is 27.9. The molecular formula is C26H19BrFN3O2S. The molecule has 1 fully saturated rings. The van der Waals surface area contributed by atoms with Crippen molar-refractivity contribution in [3.8, 4) is 6.07 Å². The molecule has 1 aliphatic rings. The number of thioether (sulfide) groups is 1. The van der Waals surface area contributed by atoms with Gasteiger partial charge in [0.15, 0.2) is 0 Å². The summed E-state index contributed by atoms with van der Waals surface area (Å²) in [6.45, 7) is 1.94. The fraction of sp³-hybridized carbons (Fsp3) is 0.115. The van der Waals surface area contributed by atoms with Crippen molar-refractivity contribution in [1.82, 2.24) is 0 Å². The first-order valence-corrected chi connectivity index (χ1v) is 12.1. The second kappa shape index (κ2) is 10.2. The lowest BCUT2D eigenvalue weighted by Crippen LogP contribution is -2.30. The Morgan fingerprint density at radius 3 is 2.35 bits per heavy atom. The van der Waals surface area contributed by atoms with Crippen LogP contribution in [0.15, 0.2) is 87.9 Å². The van der Waals surface area contributed by atoms with Gasteiger partial charge in [0.25, 0.3) is 5.91 Å². The summed E-state index contributed by atoms with van der Waals surface area (Å²) in [5, 5.41) is 12.3. The van der Waals surface area contributed by atoms with Gasteiger partial charge in [-0.25, -0.2) is 4.39 Å². The Morgan fingerprint density at radius 2 is 1.74 bits per heavy atom. The van der Waals surface area contributed by atoms with E-state index in [1.54, 1.807) is 12.1 Å². The van der Waals surface area contributed by atoms with Crippen LogP contribution in [0.2, 0.25) is 0 Å². The lowest BCUT2D eigenvalue weighted by Gasteiger charge is -2.19. The number of aryl methyl sites for hydroxylation is 1. The summed E-state index contributed by atoms with van der Waals surface area (Å²) in [6.07, 6.45) is 0.445. The van der Waals surface area contributed by atoms with E-state index in [4.69, 9.17) is 0 Å². The molecule has 0 aliphatic carbocycles. The number of nitrogens with one attached hydrogen (secondary N) is 1. The SMILES string of the molecule is Cc1ccc(N2C(=O)[C@H](Cc3ccc(Br)cc3)S/C2=C(\C#N)C(=O)Nc2ccc(F)cc2)cc1. The van der Waals surface area contributed by atoms with Crippen LogP contribution in [0.5, 0.6) is 0 Å². The predicted octanol–water partition coefficient (Wildman–Crippen LogP) is 5.96. The van der Waals surface area contributed by atoms with Crippen molar-refractivity contribution >= 4 is 50.9 Å². The van der Waals surface area contributed by atoms with Crippen LogP contribution in [0.1, 0.15) is 11.1 Å². The minimum atomic E-state index is -0.661. The van der Waals surface area contributed by atoms with Crippen molar-refractivity contribution in [3.63, 3.8) is 0 Å². The zero-order chi connectivity index (χ0) is 24.2. The summed E-state index contributed by atoms with van der Waals surface area (Å²) < 4.78 is 14.2. The number of nitriles is 1. The molecule has 8 heteroatoms. The van der Waals surface area contributed by atoms with Crippen molar-refractivity contribution in [1.29, 1.82) is 5.26 Å². The van der Waals surface area contributed by atoms with Crippen LogP contribution in [-0.4, -0.2) is 17.1 Å². The third-order valence-electron chi connectivity index (χ3n) is 5.23. The maximum Gasteiger partial charge on any atom is 0.269 e. The molecule has 2 amide bonds. The van der Waals surface area contributed by atoms with E-state index in [0.717, 1.165) is 15.6 Å². The third-order valence-corrected chi connectivity index (χ3v) is 7.03. The van der Waals surface area contributed by atoms with Crippen LogP contribution in [0.25, 0.3) is 0 Å². The van der Waals surface area contributed by atoms with Gasteiger partial charge in [-0.3, -0.25) is 14.5 Å². The van der Waals surface area contributed by atoms with E-state index in [9.17, 15) is 19.2 Å². The van der Waals surface area contributed by atoms with E-state index >= 15 is 0 Å². The molecule has 0 radical (unpaired) electrons. The van der Waals surface area contributed by atoms with E-state index in [1.165, 1.54) is 40.9 Å². The van der Waals surface area contributed by atoms with Gasteiger partial charge in [0.1, 0.15) is 22.5 Å². The second-order valence-corrected chi connectivity index (χ2v) is 9.81. The number of hydrogen-bond donors (Lipinski definition) is 1. The van der Waals surface area contributed by atoms with Gasteiger partial charge in [-0.1, -0.05) is 57.5 Å². The number of carbonyl (C=O) groups is 2. The van der Waals surface area contributed by atoms with E-state index in [0.29, 0.717) is 17.8 Å². The summed E-state index contributed by atoms with van der Waals surface area (Å²) >= 11 is 4.61. The first kappa shape index (κ1) is 23.7. The van der Waals surface area contributed by atoms with Gasteiger partial charge in [0.2, 0.25) is 5.91 Å². The van der Waals surface area contributed by atoms with Crippen molar-refractivity contribution in [3.05, 3.63) is 105 Å². The topological polar surface area (TPSA) is 73.2 Å². The van der Waals surface area contributed by atoms with Gasteiger partial charge in [-0.15, -0.1) is 0 Å². The van der Waals surface area contributed by atoms with Crippen LogP contribution < -0.4 is 10.2 Å². The first-order valence-electron chi connectivity index (χ1n) is 10.4. The van der Waals surface area contributed by atoms with E-state index in [-0.39, 0.29) is 16.5 Å². The fourth-order valence-electron chi connectivity index (χ4n) is 3.48. The zero-order valence-electron chi connectivity index (χ0n) is 18.1. The van der Waals surface area contributed by atoms with Gasteiger partial charge in [0.05, 0.1) is 5.25 Å². The van der Waals surface area contributed by atoms with Gasteiger partial charge in [-0.05, 0) is 67.4 Å². The average molecular weight is 536 g/mol. The number of carbonyl (C=O) groups excluding carboxylic acids is 2. The molecule has 1 N–H and O–H groups in total. The van der Waals surface area contributed by atoms with Crippen molar-refractivity contribution < 1.29 is 14.0 Å². The molecule has 1 aliphatic heterocycles. The van der Waals surface area contributed by atoms with E-state index < -0.39 is 17.0 Å². The molecule has 0 bridgehead atoms. The molecule has 1 saturated heterocycles. The maximum atomic E-state index is 13.5. The Bertz CT molecular complexity index is 1300. The van der Waals surface area contributed by atoms with E-state index in [2.05, 4.69) is 21.2 Å². The number of hydrogen-bond acceptors (Lipinski definition) is 4. The molecule has 0 aromatic heterocycles. The predicted molar refractivity (Wildman–Crippen MR) is 136 cm³/mol. The molecular weight excluding hydrogens is 517 g/mol. The highest BCUT2D eigenvalue weighted by molar-refractivity contribution is 9.10. The Hall–Kier alpha value is -3.41. The highest BCUT2D eigenvalue weighted by Gasteiger charge is 2.40. The number of anilines is 2. The molecule has 1 atom stereocenters. The monoisotopic (exact) mass is 535 g/mol. The van der Waals surface area contributed by atoms with E-state index in [1.807, 2.05) is 49.4 Å². The number of amides is 2. The summed E-state index contributed by atoms with van der Waals surface area (Å²) in [6, 6.07) is 22.2. The molecule has 170 valence electrons. The molecule has 0 spiro atoms. The highest BCUT2D eigenvalue weighted by Crippen LogP contribution is 2.42. The molecule has 34 heavy (non-hydrogen) atoms. The maximum absolute atomic E-state index is 13.5. The number of rotatable bonds is 5. The zero-order valence-corrected chi connectivity index (χ0v) is 20.5. The summed E-state index contributed by atoms with van der Waals surface area (Å²) in [5.41, 5.74) is 2.74. The minimum Gasteiger partial charge on any atom is -0.321 e. The van der Waals surface area contributed by atoms with Crippen LogP contribution in [0.4, 0.5) is 15.8 Å². The lowest BCUT2D eigenvalue weighted by atomic mass is 10.1. The average Bonchev–Trinajstić information content (AvgIpc) is 3.13. The largest absolute Gasteiger partial charge is 0.321 e. The number of nitrogens with zero attached hydrogens (tertiary/aromatic N) is 2. The highest BCUT2D eigenvalue weighted by atomic mass is 79.9. The van der Waals surface area contributed by atoms with Crippen LogP contribution >= 0.6 is 27.7 Å². The molecule has 0 unspecified atom stereocenters. The molecule has 3 aromatic rings. The summed E-state index contributed by atoms with van der Waals surface area (Å²) in [7, 11) is 0. The second-order valence-electron chi connectivity index (χ2n) is 7.70. The smallest absolute Gasteiger partial charge is 0.269 e. The molecule has 1 heterocycles. The van der Waals surface area contributed by atoms with Crippen molar-refractivity contribution in [2.24, 2.45) is 0 Å².